The molecule has 0 aromatic heterocycles. The first-order chi connectivity index (χ1) is 10.1. The zero-order valence-corrected chi connectivity index (χ0v) is 12.3. The highest BCUT2D eigenvalue weighted by Crippen LogP contribution is 2.13. The van der Waals surface area contributed by atoms with Crippen molar-refractivity contribution in [3.05, 3.63) is 64.7 Å². The molecule has 0 unspecified atom stereocenters. The Morgan fingerprint density at radius 2 is 1.81 bits per heavy atom. The van der Waals surface area contributed by atoms with Crippen LogP contribution in [0.1, 0.15) is 15.9 Å². The molecule has 1 amide bonds. The summed E-state index contributed by atoms with van der Waals surface area (Å²) in [7, 11) is 0. The number of nitriles is 1. The van der Waals surface area contributed by atoms with Crippen LogP contribution < -0.4 is 10.6 Å². The summed E-state index contributed by atoms with van der Waals surface area (Å²) in [5.41, 5.74) is 1.43. The molecule has 0 heterocycles. The molecule has 4 nitrogen and oxygen atoms in total. The number of hydrogen-bond donors (Lipinski definition) is 2. The molecule has 0 radical (unpaired) electrons. The van der Waals surface area contributed by atoms with Gasteiger partial charge in [-0.3, -0.25) is 10.1 Å². The van der Waals surface area contributed by atoms with Crippen LogP contribution in [0, 0.1) is 11.3 Å². The van der Waals surface area contributed by atoms with E-state index >= 15 is 0 Å². The number of carbonyl (C=O) groups excluding carboxylic acids is 1. The Balaban J connectivity index is 2.03. The summed E-state index contributed by atoms with van der Waals surface area (Å²) >= 11 is 10.8. The zero-order valence-electron chi connectivity index (χ0n) is 10.8. The van der Waals surface area contributed by atoms with Gasteiger partial charge >= 0.3 is 0 Å². The van der Waals surface area contributed by atoms with Gasteiger partial charge in [0.25, 0.3) is 5.91 Å². The molecule has 104 valence electrons. The van der Waals surface area contributed by atoms with Crippen molar-refractivity contribution in [2.75, 3.05) is 5.32 Å². The van der Waals surface area contributed by atoms with Crippen molar-refractivity contribution in [3.63, 3.8) is 0 Å². The van der Waals surface area contributed by atoms with E-state index in [0.29, 0.717) is 21.8 Å². The molecule has 0 saturated heterocycles. The van der Waals surface area contributed by atoms with Crippen molar-refractivity contribution in [1.82, 2.24) is 5.32 Å². The third kappa shape index (κ3) is 4.02. The standard InChI is InChI=1S/C15H10ClN3OS/c16-12-7-5-10(6-8-12)14(20)19-15(21)18-13-4-2-1-3-11(13)9-17/h1-8H,(H2,18,19,20,21). The second-order valence-electron chi connectivity index (χ2n) is 4.07. The van der Waals surface area contributed by atoms with Gasteiger partial charge in [-0.2, -0.15) is 5.26 Å². The Kier molecular flexibility index (Phi) is 4.88. The third-order valence-electron chi connectivity index (χ3n) is 2.63. The molecule has 0 aliphatic carbocycles. The first kappa shape index (κ1) is 15.0. The number of benzene rings is 2. The summed E-state index contributed by atoms with van der Waals surface area (Å²) in [4.78, 5) is 12.0. The molecular weight excluding hydrogens is 306 g/mol. The molecule has 2 N–H and O–H groups in total. The number of anilines is 1. The molecule has 2 aromatic rings. The van der Waals surface area contributed by atoms with E-state index < -0.39 is 0 Å². The van der Waals surface area contributed by atoms with Crippen LogP contribution in [0.2, 0.25) is 5.02 Å². The fourth-order valence-corrected chi connectivity index (χ4v) is 1.95. The molecule has 0 aliphatic heterocycles. The van der Waals surface area contributed by atoms with Gasteiger partial charge in [0.2, 0.25) is 0 Å². The Morgan fingerprint density at radius 1 is 1.14 bits per heavy atom. The minimum atomic E-state index is -0.349. The van der Waals surface area contributed by atoms with Crippen molar-refractivity contribution in [2.24, 2.45) is 0 Å². The Bertz CT molecular complexity index is 722. The molecule has 0 saturated carbocycles. The second kappa shape index (κ2) is 6.84. The highest BCUT2D eigenvalue weighted by atomic mass is 35.5. The smallest absolute Gasteiger partial charge is 0.257 e. The number of nitrogens with one attached hydrogen (secondary N) is 2. The zero-order chi connectivity index (χ0) is 15.2. The van der Waals surface area contributed by atoms with Crippen LogP contribution in [0.25, 0.3) is 0 Å². The highest BCUT2D eigenvalue weighted by molar-refractivity contribution is 7.80. The van der Waals surface area contributed by atoms with Crippen LogP contribution in [0.15, 0.2) is 48.5 Å². The minimum Gasteiger partial charge on any atom is -0.331 e. The van der Waals surface area contributed by atoms with E-state index in [1.807, 2.05) is 6.07 Å². The number of thiocarbonyl (C=S) groups is 1. The maximum Gasteiger partial charge on any atom is 0.257 e. The number of amides is 1. The highest BCUT2D eigenvalue weighted by Gasteiger charge is 2.09. The van der Waals surface area contributed by atoms with Gasteiger partial charge in [0.15, 0.2) is 5.11 Å². The monoisotopic (exact) mass is 315 g/mol. The molecule has 6 heteroatoms. The van der Waals surface area contributed by atoms with Gasteiger partial charge in [-0.15, -0.1) is 0 Å². The van der Waals surface area contributed by atoms with E-state index in [-0.39, 0.29) is 11.0 Å². The average molecular weight is 316 g/mol. The van der Waals surface area contributed by atoms with E-state index in [1.54, 1.807) is 48.5 Å². The van der Waals surface area contributed by atoms with Gasteiger partial charge < -0.3 is 5.32 Å². The first-order valence-corrected chi connectivity index (χ1v) is 6.76. The van der Waals surface area contributed by atoms with Gasteiger partial charge in [-0.1, -0.05) is 23.7 Å². The summed E-state index contributed by atoms with van der Waals surface area (Å²) in [5.74, 6) is -0.349. The van der Waals surface area contributed by atoms with Crippen LogP contribution in [-0.4, -0.2) is 11.0 Å². The van der Waals surface area contributed by atoms with E-state index in [4.69, 9.17) is 29.1 Å². The fraction of sp³-hybridized carbons (Fsp3) is 0. The normalized spacial score (nSPS) is 9.52. The number of halogens is 1. The maximum absolute atomic E-state index is 12.0. The Hall–Kier alpha value is -2.42. The van der Waals surface area contributed by atoms with E-state index in [0.717, 1.165) is 0 Å². The molecule has 0 fully saturated rings. The summed E-state index contributed by atoms with van der Waals surface area (Å²) in [6, 6.07) is 15.4. The molecule has 21 heavy (non-hydrogen) atoms. The lowest BCUT2D eigenvalue weighted by molar-refractivity contribution is 0.0978. The second-order valence-corrected chi connectivity index (χ2v) is 4.92. The van der Waals surface area contributed by atoms with Crippen molar-refractivity contribution < 1.29 is 4.79 Å². The largest absolute Gasteiger partial charge is 0.331 e. The molecule has 0 atom stereocenters. The fourth-order valence-electron chi connectivity index (χ4n) is 1.62. The predicted octanol–water partition coefficient (Wildman–Crippen LogP) is 3.34. The third-order valence-corrected chi connectivity index (χ3v) is 3.09. The number of rotatable bonds is 2. The van der Waals surface area contributed by atoms with Crippen molar-refractivity contribution >= 4 is 40.5 Å². The lowest BCUT2D eigenvalue weighted by atomic mass is 10.2. The SMILES string of the molecule is N#Cc1ccccc1NC(=S)NC(=O)c1ccc(Cl)cc1. The van der Waals surface area contributed by atoms with Gasteiger partial charge in [0.05, 0.1) is 11.3 Å². The van der Waals surface area contributed by atoms with E-state index in [1.165, 1.54) is 0 Å². The predicted molar refractivity (Wildman–Crippen MR) is 86.3 cm³/mol. The molecule has 2 rings (SSSR count). The lowest BCUT2D eigenvalue weighted by Crippen LogP contribution is -2.34. The number of carbonyl (C=O) groups is 1. The van der Waals surface area contributed by atoms with E-state index in [9.17, 15) is 4.79 Å². The van der Waals surface area contributed by atoms with Gasteiger partial charge in [0.1, 0.15) is 6.07 Å². The summed E-state index contributed by atoms with van der Waals surface area (Å²) in [6.07, 6.45) is 0. The topological polar surface area (TPSA) is 64.9 Å². The molecule has 2 aromatic carbocycles. The summed E-state index contributed by atoms with van der Waals surface area (Å²) in [6.45, 7) is 0. The van der Waals surface area contributed by atoms with Gasteiger partial charge in [-0.25, -0.2) is 0 Å². The molecular formula is C15H10ClN3OS. The first-order valence-electron chi connectivity index (χ1n) is 5.97. The van der Waals surface area contributed by atoms with Gasteiger partial charge in [-0.05, 0) is 48.6 Å². The van der Waals surface area contributed by atoms with E-state index in [2.05, 4.69) is 10.6 Å². The van der Waals surface area contributed by atoms with Crippen LogP contribution in [0.5, 0.6) is 0 Å². The van der Waals surface area contributed by atoms with Crippen molar-refractivity contribution in [1.29, 1.82) is 5.26 Å². The Morgan fingerprint density at radius 3 is 2.48 bits per heavy atom. The minimum absolute atomic E-state index is 0.123. The molecule has 0 bridgehead atoms. The van der Waals surface area contributed by atoms with Crippen LogP contribution >= 0.6 is 23.8 Å². The maximum atomic E-state index is 12.0. The van der Waals surface area contributed by atoms with Crippen LogP contribution in [0.3, 0.4) is 0 Å². The summed E-state index contributed by atoms with van der Waals surface area (Å²) < 4.78 is 0. The number of nitrogens with zero attached hydrogens (tertiary/aromatic N) is 1. The van der Waals surface area contributed by atoms with Crippen LogP contribution in [-0.2, 0) is 0 Å². The number of hydrogen-bond acceptors (Lipinski definition) is 3. The Labute approximate surface area is 132 Å². The van der Waals surface area contributed by atoms with Crippen molar-refractivity contribution in [3.8, 4) is 6.07 Å². The van der Waals surface area contributed by atoms with Gasteiger partial charge in [0, 0.05) is 10.6 Å². The lowest BCUT2D eigenvalue weighted by Gasteiger charge is -2.10. The van der Waals surface area contributed by atoms with Crippen LogP contribution in [0.4, 0.5) is 5.69 Å². The average Bonchev–Trinajstić information content (AvgIpc) is 2.48. The molecule has 0 aliphatic rings. The quantitative estimate of drug-likeness (QED) is 0.834. The number of para-hydroxylation sites is 1. The summed E-state index contributed by atoms with van der Waals surface area (Å²) in [5, 5.41) is 15.0. The molecule has 0 spiro atoms. The van der Waals surface area contributed by atoms with Crippen molar-refractivity contribution in [2.45, 2.75) is 0 Å².